The topological polar surface area (TPSA) is 57.4 Å². The van der Waals surface area contributed by atoms with Crippen molar-refractivity contribution in [2.24, 2.45) is 11.7 Å². The largest absolute Gasteiger partial charge is 0.493 e. The number of hydrogen-bond acceptors (Lipinski definition) is 4. The molecule has 1 unspecified atom stereocenters. The normalized spacial score (nSPS) is 14.4. The molecule has 0 aliphatic carbocycles. The lowest BCUT2D eigenvalue weighted by atomic mass is 9.93. The molecule has 0 radical (unpaired) electrons. The van der Waals surface area contributed by atoms with Gasteiger partial charge in [-0.05, 0) is 49.9 Å². The first kappa shape index (κ1) is 17.1. The van der Waals surface area contributed by atoms with Crippen LogP contribution in [0.3, 0.4) is 0 Å². The number of nitrogens with two attached hydrogens (primary N) is 1. The van der Waals surface area contributed by atoms with Crippen molar-refractivity contribution in [2.75, 3.05) is 6.61 Å². The quantitative estimate of drug-likeness (QED) is 0.813. The van der Waals surface area contributed by atoms with Crippen LogP contribution in [-0.4, -0.2) is 17.1 Å². The number of halogens is 1. The minimum Gasteiger partial charge on any atom is -0.493 e. The van der Waals surface area contributed by atoms with E-state index in [2.05, 4.69) is 18.0 Å². The van der Waals surface area contributed by atoms with Crippen LogP contribution < -0.4 is 15.2 Å². The van der Waals surface area contributed by atoms with Gasteiger partial charge in [-0.15, -0.1) is 0 Å². The van der Waals surface area contributed by atoms with E-state index in [1.165, 1.54) is 0 Å². The standard InChI is InChI=1S/C19H23ClN2O2/c1-12(9-19(2,3)21)10-23-14-4-5-15-13(8-14)11-24-17-16(15)6-7-22-18(17)20/h4-8,12H,9-11,21H2,1-3H3. The van der Waals surface area contributed by atoms with Crippen molar-refractivity contribution in [1.29, 1.82) is 0 Å². The predicted octanol–water partition coefficient (Wildman–Crippen LogP) is 4.44. The maximum atomic E-state index is 6.11. The van der Waals surface area contributed by atoms with Crippen LogP contribution in [-0.2, 0) is 6.61 Å². The molecule has 0 amide bonds. The lowest BCUT2D eigenvalue weighted by Gasteiger charge is -2.24. The van der Waals surface area contributed by atoms with E-state index in [1.54, 1.807) is 6.20 Å². The summed E-state index contributed by atoms with van der Waals surface area (Å²) < 4.78 is 11.7. The van der Waals surface area contributed by atoms with Gasteiger partial charge in [0.2, 0.25) is 0 Å². The lowest BCUT2D eigenvalue weighted by Crippen LogP contribution is -2.35. The first-order valence-corrected chi connectivity index (χ1v) is 8.53. The Kier molecular flexibility index (Phi) is 4.70. The molecule has 128 valence electrons. The van der Waals surface area contributed by atoms with Crippen LogP contribution in [0.15, 0.2) is 30.5 Å². The number of fused-ring (bicyclic) bond motifs is 3. The molecule has 0 saturated carbocycles. The number of benzene rings is 1. The van der Waals surface area contributed by atoms with Crippen LogP contribution in [0.4, 0.5) is 0 Å². The Hall–Kier alpha value is -1.78. The molecular formula is C19H23ClN2O2. The molecule has 2 heterocycles. The molecule has 4 nitrogen and oxygen atoms in total. The highest BCUT2D eigenvalue weighted by Gasteiger charge is 2.21. The summed E-state index contributed by atoms with van der Waals surface area (Å²) in [6.07, 6.45) is 2.61. The monoisotopic (exact) mass is 346 g/mol. The van der Waals surface area contributed by atoms with E-state index in [0.29, 0.717) is 30.0 Å². The van der Waals surface area contributed by atoms with Crippen LogP contribution >= 0.6 is 11.6 Å². The maximum absolute atomic E-state index is 6.11. The average molecular weight is 347 g/mol. The summed E-state index contributed by atoms with van der Waals surface area (Å²) in [7, 11) is 0. The number of aromatic nitrogens is 1. The van der Waals surface area contributed by atoms with E-state index in [0.717, 1.165) is 28.9 Å². The Morgan fingerprint density at radius 2 is 2.12 bits per heavy atom. The minimum atomic E-state index is -0.177. The zero-order valence-corrected chi connectivity index (χ0v) is 15.1. The molecule has 1 aliphatic rings. The molecule has 1 aromatic heterocycles. The van der Waals surface area contributed by atoms with Gasteiger partial charge in [-0.3, -0.25) is 0 Å². The van der Waals surface area contributed by atoms with Crippen LogP contribution in [0, 0.1) is 5.92 Å². The highest BCUT2D eigenvalue weighted by atomic mass is 35.5. The fourth-order valence-corrected chi connectivity index (χ4v) is 3.37. The molecule has 1 aliphatic heterocycles. The van der Waals surface area contributed by atoms with Gasteiger partial charge in [0.15, 0.2) is 10.9 Å². The Balaban J connectivity index is 1.74. The molecule has 1 atom stereocenters. The number of nitrogens with zero attached hydrogens (tertiary/aromatic N) is 1. The van der Waals surface area contributed by atoms with E-state index in [4.69, 9.17) is 26.8 Å². The zero-order chi connectivity index (χ0) is 17.3. The van der Waals surface area contributed by atoms with E-state index in [-0.39, 0.29) is 5.54 Å². The van der Waals surface area contributed by atoms with Gasteiger partial charge in [0.05, 0.1) is 6.61 Å². The molecule has 2 aromatic rings. The summed E-state index contributed by atoms with van der Waals surface area (Å²) in [6, 6.07) is 8.00. The third-order valence-electron chi connectivity index (χ3n) is 4.01. The lowest BCUT2D eigenvalue weighted by molar-refractivity contribution is 0.228. The van der Waals surface area contributed by atoms with E-state index in [1.807, 2.05) is 32.0 Å². The smallest absolute Gasteiger partial charge is 0.171 e. The summed E-state index contributed by atoms with van der Waals surface area (Å²) >= 11 is 6.11. The Morgan fingerprint density at radius 1 is 1.33 bits per heavy atom. The van der Waals surface area contributed by atoms with Gasteiger partial charge in [0.25, 0.3) is 0 Å². The van der Waals surface area contributed by atoms with Crippen LogP contribution in [0.2, 0.25) is 5.15 Å². The number of hydrogen-bond donors (Lipinski definition) is 1. The van der Waals surface area contributed by atoms with Gasteiger partial charge in [0, 0.05) is 22.9 Å². The van der Waals surface area contributed by atoms with Crippen molar-refractivity contribution in [2.45, 2.75) is 39.3 Å². The first-order chi connectivity index (χ1) is 11.3. The molecule has 24 heavy (non-hydrogen) atoms. The van der Waals surface area contributed by atoms with Crippen molar-refractivity contribution in [3.8, 4) is 22.6 Å². The Bertz CT molecular complexity index is 741. The van der Waals surface area contributed by atoms with Gasteiger partial charge < -0.3 is 15.2 Å². The molecule has 1 aromatic carbocycles. The van der Waals surface area contributed by atoms with E-state index < -0.39 is 0 Å². The summed E-state index contributed by atoms with van der Waals surface area (Å²) in [5.74, 6) is 1.89. The second-order valence-corrected chi connectivity index (χ2v) is 7.55. The fourth-order valence-electron chi connectivity index (χ4n) is 3.16. The van der Waals surface area contributed by atoms with E-state index in [9.17, 15) is 0 Å². The van der Waals surface area contributed by atoms with Gasteiger partial charge >= 0.3 is 0 Å². The molecular weight excluding hydrogens is 324 g/mol. The number of ether oxygens (including phenoxy) is 2. The highest BCUT2D eigenvalue weighted by Crippen LogP contribution is 2.41. The SMILES string of the molecule is CC(COc1ccc2c(c1)COc1c-2ccnc1Cl)CC(C)(C)N. The van der Waals surface area contributed by atoms with Gasteiger partial charge in [0.1, 0.15) is 12.4 Å². The van der Waals surface area contributed by atoms with Crippen LogP contribution in [0.5, 0.6) is 11.5 Å². The zero-order valence-electron chi connectivity index (χ0n) is 14.3. The second kappa shape index (κ2) is 6.61. The average Bonchev–Trinajstić information content (AvgIpc) is 2.51. The highest BCUT2D eigenvalue weighted by molar-refractivity contribution is 6.31. The molecule has 5 heteroatoms. The predicted molar refractivity (Wildman–Crippen MR) is 96.6 cm³/mol. The van der Waals surface area contributed by atoms with Crippen molar-refractivity contribution in [1.82, 2.24) is 4.98 Å². The molecule has 3 rings (SSSR count). The van der Waals surface area contributed by atoms with Crippen LogP contribution in [0.25, 0.3) is 11.1 Å². The molecule has 2 N–H and O–H groups in total. The third kappa shape index (κ3) is 3.82. The number of rotatable bonds is 5. The first-order valence-electron chi connectivity index (χ1n) is 8.16. The molecule has 0 saturated heterocycles. The summed E-state index contributed by atoms with van der Waals surface area (Å²) in [5.41, 5.74) is 9.07. The van der Waals surface area contributed by atoms with Gasteiger partial charge in [-0.1, -0.05) is 24.6 Å². The maximum Gasteiger partial charge on any atom is 0.171 e. The summed E-state index contributed by atoms with van der Waals surface area (Å²) in [4.78, 5) is 4.07. The van der Waals surface area contributed by atoms with Gasteiger partial charge in [-0.25, -0.2) is 4.98 Å². The van der Waals surface area contributed by atoms with Crippen molar-refractivity contribution < 1.29 is 9.47 Å². The molecule has 0 spiro atoms. The van der Waals surface area contributed by atoms with Crippen molar-refractivity contribution >= 4 is 11.6 Å². The Morgan fingerprint density at radius 3 is 2.88 bits per heavy atom. The van der Waals surface area contributed by atoms with Crippen molar-refractivity contribution in [3.63, 3.8) is 0 Å². The summed E-state index contributed by atoms with van der Waals surface area (Å²) in [6.45, 7) is 7.35. The minimum absolute atomic E-state index is 0.177. The number of pyridine rings is 1. The Labute approximate surface area is 147 Å². The third-order valence-corrected chi connectivity index (χ3v) is 4.28. The molecule has 0 bridgehead atoms. The van der Waals surface area contributed by atoms with E-state index >= 15 is 0 Å². The second-order valence-electron chi connectivity index (χ2n) is 7.19. The summed E-state index contributed by atoms with van der Waals surface area (Å²) in [5, 5.41) is 0.400. The fraction of sp³-hybridized carbons (Fsp3) is 0.421. The van der Waals surface area contributed by atoms with Gasteiger partial charge in [-0.2, -0.15) is 0 Å². The molecule has 0 fully saturated rings. The van der Waals surface area contributed by atoms with Crippen LogP contribution in [0.1, 0.15) is 32.8 Å². The van der Waals surface area contributed by atoms with Crippen molar-refractivity contribution in [3.05, 3.63) is 41.2 Å².